The molecule has 0 aromatic heterocycles. The number of carbonyl (C=O) groups excluding carboxylic acids is 1. The standard InChI is InChI=1S/C14H16BrNO5/c15-9-1-2-12(11(7-9)14(18)19)21-8-13(17)16-10-3-5-20-6-4-10/h1-2,7,10H,3-6,8H2,(H,16,17)(H,18,19). The molecule has 1 aliphatic rings. The fourth-order valence-corrected chi connectivity index (χ4v) is 2.41. The molecule has 0 radical (unpaired) electrons. The fraction of sp³-hybridized carbons (Fsp3) is 0.429. The predicted octanol–water partition coefficient (Wildman–Crippen LogP) is 1.82. The maximum absolute atomic E-state index is 11.8. The van der Waals surface area contributed by atoms with E-state index in [0.717, 1.165) is 12.8 Å². The van der Waals surface area contributed by atoms with Crippen LogP contribution < -0.4 is 10.1 Å². The van der Waals surface area contributed by atoms with Crippen molar-refractivity contribution in [2.45, 2.75) is 18.9 Å². The molecule has 2 rings (SSSR count). The number of carboxylic acid groups (broad SMARTS) is 1. The molecule has 1 aliphatic heterocycles. The minimum atomic E-state index is -1.10. The average Bonchev–Trinajstić information content (AvgIpc) is 2.47. The minimum absolute atomic E-state index is 0.0169. The van der Waals surface area contributed by atoms with E-state index in [0.29, 0.717) is 17.7 Å². The highest BCUT2D eigenvalue weighted by atomic mass is 79.9. The molecule has 0 saturated carbocycles. The SMILES string of the molecule is O=C(COc1ccc(Br)cc1C(=O)O)NC1CCOCC1. The molecule has 0 spiro atoms. The summed E-state index contributed by atoms with van der Waals surface area (Å²) in [6.07, 6.45) is 1.56. The molecule has 1 heterocycles. The maximum Gasteiger partial charge on any atom is 0.339 e. The Labute approximate surface area is 130 Å². The van der Waals surface area contributed by atoms with Gasteiger partial charge in [-0.05, 0) is 31.0 Å². The highest BCUT2D eigenvalue weighted by Crippen LogP contribution is 2.23. The third kappa shape index (κ3) is 4.71. The van der Waals surface area contributed by atoms with Crippen molar-refractivity contribution < 1.29 is 24.2 Å². The van der Waals surface area contributed by atoms with E-state index < -0.39 is 5.97 Å². The van der Waals surface area contributed by atoms with Crippen molar-refractivity contribution in [1.29, 1.82) is 0 Å². The van der Waals surface area contributed by atoms with E-state index in [9.17, 15) is 9.59 Å². The number of ether oxygens (including phenoxy) is 2. The van der Waals surface area contributed by atoms with Crippen LogP contribution in [0.25, 0.3) is 0 Å². The Morgan fingerprint density at radius 2 is 2.10 bits per heavy atom. The lowest BCUT2D eigenvalue weighted by atomic mass is 10.1. The van der Waals surface area contributed by atoms with E-state index >= 15 is 0 Å². The first-order chi connectivity index (χ1) is 10.1. The van der Waals surface area contributed by atoms with Gasteiger partial charge in [0.05, 0.1) is 0 Å². The Morgan fingerprint density at radius 1 is 1.38 bits per heavy atom. The Hall–Kier alpha value is -1.60. The molecule has 1 aromatic carbocycles. The molecule has 0 unspecified atom stereocenters. The van der Waals surface area contributed by atoms with Crippen LogP contribution in [0.15, 0.2) is 22.7 Å². The largest absolute Gasteiger partial charge is 0.483 e. The number of carboxylic acids is 1. The first kappa shape index (κ1) is 15.8. The normalized spacial score (nSPS) is 15.5. The molecule has 1 amide bonds. The second-order valence-electron chi connectivity index (χ2n) is 4.69. The Bertz CT molecular complexity index is 528. The summed E-state index contributed by atoms with van der Waals surface area (Å²) in [6.45, 7) is 1.07. The van der Waals surface area contributed by atoms with E-state index in [1.807, 2.05) is 0 Å². The van der Waals surface area contributed by atoms with E-state index in [1.165, 1.54) is 12.1 Å². The molecule has 7 heteroatoms. The highest BCUT2D eigenvalue weighted by molar-refractivity contribution is 9.10. The molecule has 0 atom stereocenters. The van der Waals surface area contributed by atoms with Gasteiger partial charge in [0.2, 0.25) is 0 Å². The number of carbonyl (C=O) groups is 2. The smallest absolute Gasteiger partial charge is 0.339 e. The van der Waals surface area contributed by atoms with Gasteiger partial charge in [0.1, 0.15) is 11.3 Å². The van der Waals surface area contributed by atoms with E-state index in [1.54, 1.807) is 6.07 Å². The monoisotopic (exact) mass is 357 g/mol. The first-order valence-electron chi connectivity index (χ1n) is 6.59. The zero-order chi connectivity index (χ0) is 15.2. The van der Waals surface area contributed by atoms with Gasteiger partial charge in [-0.1, -0.05) is 15.9 Å². The van der Waals surface area contributed by atoms with Crippen LogP contribution in [0.2, 0.25) is 0 Å². The lowest BCUT2D eigenvalue weighted by Gasteiger charge is -2.23. The van der Waals surface area contributed by atoms with Crippen molar-refractivity contribution in [2.24, 2.45) is 0 Å². The number of hydrogen-bond acceptors (Lipinski definition) is 4. The van der Waals surface area contributed by atoms with Crippen LogP contribution in [0.3, 0.4) is 0 Å². The van der Waals surface area contributed by atoms with Gasteiger partial charge >= 0.3 is 5.97 Å². The average molecular weight is 358 g/mol. The topological polar surface area (TPSA) is 84.9 Å². The van der Waals surface area contributed by atoms with E-state index in [-0.39, 0.29) is 29.9 Å². The van der Waals surface area contributed by atoms with Crippen molar-refractivity contribution in [2.75, 3.05) is 19.8 Å². The van der Waals surface area contributed by atoms with Crippen molar-refractivity contribution in [3.63, 3.8) is 0 Å². The molecule has 21 heavy (non-hydrogen) atoms. The van der Waals surface area contributed by atoms with E-state index in [4.69, 9.17) is 14.6 Å². The van der Waals surface area contributed by atoms with Crippen LogP contribution in [0.1, 0.15) is 23.2 Å². The third-order valence-electron chi connectivity index (χ3n) is 3.12. The summed E-state index contributed by atoms with van der Waals surface area (Å²) in [6, 6.07) is 4.72. The van der Waals surface area contributed by atoms with Gasteiger partial charge in [-0.25, -0.2) is 4.79 Å². The van der Waals surface area contributed by atoms with Gasteiger partial charge < -0.3 is 19.9 Å². The quantitative estimate of drug-likeness (QED) is 0.839. The first-order valence-corrected chi connectivity index (χ1v) is 7.38. The summed E-state index contributed by atoms with van der Waals surface area (Å²) in [5.41, 5.74) is 0.0169. The summed E-state index contributed by atoms with van der Waals surface area (Å²) in [5.74, 6) is -1.19. The molecular formula is C14H16BrNO5. The predicted molar refractivity (Wildman–Crippen MR) is 78.6 cm³/mol. The summed E-state index contributed by atoms with van der Waals surface area (Å²) in [5, 5.41) is 11.9. The number of rotatable bonds is 5. The van der Waals surface area contributed by atoms with Crippen molar-refractivity contribution in [3.8, 4) is 5.75 Å². The lowest BCUT2D eigenvalue weighted by Crippen LogP contribution is -2.41. The zero-order valence-electron chi connectivity index (χ0n) is 11.3. The number of benzene rings is 1. The molecule has 2 N–H and O–H groups in total. The van der Waals surface area contributed by atoms with Gasteiger partial charge in [-0.3, -0.25) is 4.79 Å². The Balaban J connectivity index is 1.90. The molecule has 1 fully saturated rings. The number of nitrogens with one attached hydrogen (secondary N) is 1. The number of halogens is 1. The fourth-order valence-electron chi connectivity index (χ4n) is 2.05. The van der Waals surface area contributed by atoms with Crippen molar-refractivity contribution in [1.82, 2.24) is 5.32 Å². The molecular weight excluding hydrogens is 342 g/mol. The number of amides is 1. The second-order valence-corrected chi connectivity index (χ2v) is 5.60. The van der Waals surface area contributed by atoms with Crippen molar-refractivity contribution in [3.05, 3.63) is 28.2 Å². The molecule has 1 aromatic rings. The molecule has 1 saturated heterocycles. The van der Waals surface area contributed by atoms with Gasteiger partial charge in [-0.2, -0.15) is 0 Å². The van der Waals surface area contributed by atoms with Gasteiger partial charge in [-0.15, -0.1) is 0 Å². The van der Waals surface area contributed by atoms with Gasteiger partial charge in [0, 0.05) is 23.7 Å². The minimum Gasteiger partial charge on any atom is -0.483 e. The third-order valence-corrected chi connectivity index (χ3v) is 3.61. The summed E-state index contributed by atoms with van der Waals surface area (Å²) in [4.78, 5) is 22.9. The summed E-state index contributed by atoms with van der Waals surface area (Å²) >= 11 is 3.20. The van der Waals surface area contributed by atoms with Crippen LogP contribution >= 0.6 is 15.9 Å². The van der Waals surface area contributed by atoms with Crippen LogP contribution in [0, 0.1) is 0 Å². The molecule has 0 aliphatic carbocycles. The Morgan fingerprint density at radius 3 is 2.76 bits per heavy atom. The van der Waals surface area contributed by atoms with Crippen LogP contribution in [0.5, 0.6) is 5.75 Å². The summed E-state index contributed by atoms with van der Waals surface area (Å²) < 4.78 is 11.2. The number of hydrogen-bond donors (Lipinski definition) is 2. The maximum atomic E-state index is 11.8. The summed E-state index contributed by atoms with van der Waals surface area (Å²) in [7, 11) is 0. The van der Waals surface area contributed by atoms with E-state index in [2.05, 4.69) is 21.2 Å². The van der Waals surface area contributed by atoms with Crippen LogP contribution in [-0.2, 0) is 9.53 Å². The highest BCUT2D eigenvalue weighted by Gasteiger charge is 2.17. The zero-order valence-corrected chi connectivity index (χ0v) is 12.9. The van der Waals surface area contributed by atoms with Gasteiger partial charge in [0.15, 0.2) is 6.61 Å². The molecule has 6 nitrogen and oxygen atoms in total. The Kier molecular flexibility index (Phi) is 5.58. The van der Waals surface area contributed by atoms with Crippen LogP contribution in [-0.4, -0.2) is 42.8 Å². The number of aromatic carboxylic acids is 1. The van der Waals surface area contributed by atoms with Crippen LogP contribution in [0.4, 0.5) is 0 Å². The lowest BCUT2D eigenvalue weighted by molar-refractivity contribution is -0.124. The molecule has 114 valence electrons. The second kappa shape index (κ2) is 7.42. The van der Waals surface area contributed by atoms with Gasteiger partial charge in [0.25, 0.3) is 5.91 Å². The molecule has 0 bridgehead atoms. The van der Waals surface area contributed by atoms with Crippen molar-refractivity contribution >= 4 is 27.8 Å².